The summed E-state index contributed by atoms with van der Waals surface area (Å²) < 4.78 is 32.2. The van der Waals surface area contributed by atoms with Crippen molar-refractivity contribution >= 4 is 11.6 Å². The Balaban J connectivity index is 1.87. The van der Waals surface area contributed by atoms with E-state index in [4.69, 9.17) is 40.0 Å². The van der Waals surface area contributed by atoms with E-state index in [9.17, 15) is 0 Å². The van der Waals surface area contributed by atoms with Gasteiger partial charge in [0.15, 0.2) is 0 Å². The van der Waals surface area contributed by atoms with Gasteiger partial charge in [-0.05, 0) is 24.1 Å². The van der Waals surface area contributed by atoms with Crippen molar-refractivity contribution in [3.63, 3.8) is 0 Å². The predicted octanol–water partition coefficient (Wildman–Crippen LogP) is 2.83. The summed E-state index contributed by atoms with van der Waals surface area (Å²) in [6.07, 6.45) is 0. The number of alkyl halides is 1. The fraction of sp³-hybridized carbons (Fsp3) is 0.684. The maximum absolute atomic E-state index is 5.89. The fourth-order valence-electron chi connectivity index (χ4n) is 2.08. The monoisotopic (exact) mass is 390 g/mol. The Hall–Kier alpha value is -0.890. The van der Waals surface area contributed by atoms with Gasteiger partial charge in [0.1, 0.15) is 12.4 Å². The van der Waals surface area contributed by atoms with E-state index in [1.807, 2.05) is 25.1 Å². The van der Waals surface area contributed by atoms with Gasteiger partial charge < -0.3 is 28.4 Å². The summed E-state index contributed by atoms with van der Waals surface area (Å²) in [6.45, 7) is 7.51. The van der Waals surface area contributed by atoms with E-state index in [-0.39, 0.29) is 0 Å². The van der Waals surface area contributed by atoms with Crippen molar-refractivity contribution in [3.05, 3.63) is 29.3 Å². The Kier molecular flexibility index (Phi) is 14.5. The van der Waals surface area contributed by atoms with Crippen molar-refractivity contribution in [1.29, 1.82) is 0 Å². The molecule has 0 amide bonds. The van der Waals surface area contributed by atoms with Gasteiger partial charge in [0.05, 0.1) is 59.5 Å². The highest BCUT2D eigenvalue weighted by Gasteiger charge is 2.03. The van der Waals surface area contributed by atoms with Gasteiger partial charge in [-0.2, -0.15) is 0 Å². The smallest absolute Gasteiger partial charge is 0.122 e. The van der Waals surface area contributed by atoms with Crippen LogP contribution in [-0.2, 0) is 29.6 Å². The molecule has 0 aliphatic heterocycles. The molecular formula is C19H31ClO6. The minimum Gasteiger partial charge on any atom is -0.491 e. The van der Waals surface area contributed by atoms with Crippen LogP contribution in [-0.4, -0.2) is 73.2 Å². The molecule has 0 aliphatic carbocycles. The molecule has 1 rings (SSSR count). The normalized spacial score (nSPS) is 11.0. The largest absolute Gasteiger partial charge is 0.491 e. The first-order valence-corrected chi connectivity index (χ1v) is 9.40. The zero-order valence-electron chi connectivity index (χ0n) is 15.8. The van der Waals surface area contributed by atoms with E-state index in [0.717, 1.165) is 16.9 Å². The van der Waals surface area contributed by atoms with Crippen LogP contribution >= 0.6 is 11.6 Å². The third-order valence-electron chi connectivity index (χ3n) is 3.57. The maximum Gasteiger partial charge on any atom is 0.122 e. The first-order valence-electron chi connectivity index (χ1n) is 8.86. The Bertz CT molecular complexity index is 458. The van der Waals surface area contributed by atoms with Crippen molar-refractivity contribution in [2.75, 3.05) is 73.2 Å². The third-order valence-corrected chi connectivity index (χ3v) is 3.86. The van der Waals surface area contributed by atoms with Crippen molar-refractivity contribution in [2.45, 2.75) is 12.8 Å². The SMILES string of the molecule is COCCOCCOCCOCCOCCOc1cccc(CCl)c1C. The van der Waals surface area contributed by atoms with E-state index in [0.29, 0.717) is 71.9 Å². The van der Waals surface area contributed by atoms with E-state index in [2.05, 4.69) is 0 Å². The van der Waals surface area contributed by atoms with Gasteiger partial charge in [-0.15, -0.1) is 11.6 Å². The first kappa shape index (κ1) is 23.1. The van der Waals surface area contributed by atoms with Gasteiger partial charge in [-0.1, -0.05) is 12.1 Å². The lowest BCUT2D eigenvalue weighted by Crippen LogP contribution is -2.14. The predicted molar refractivity (Wildman–Crippen MR) is 101 cm³/mol. The molecule has 0 heterocycles. The number of rotatable bonds is 17. The van der Waals surface area contributed by atoms with Crippen molar-refractivity contribution < 1.29 is 28.4 Å². The molecule has 1 aromatic carbocycles. The minimum absolute atomic E-state index is 0.488. The summed E-state index contributed by atoms with van der Waals surface area (Å²) in [4.78, 5) is 0. The van der Waals surface area contributed by atoms with Gasteiger partial charge >= 0.3 is 0 Å². The highest BCUT2D eigenvalue weighted by Crippen LogP contribution is 2.22. The fourth-order valence-corrected chi connectivity index (χ4v) is 2.37. The summed E-state index contributed by atoms with van der Waals surface area (Å²) >= 11 is 5.89. The minimum atomic E-state index is 0.488. The summed E-state index contributed by atoms with van der Waals surface area (Å²) in [5.74, 6) is 1.34. The zero-order chi connectivity index (χ0) is 18.9. The Labute approximate surface area is 161 Å². The lowest BCUT2D eigenvalue weighted by Gasteiger charge is -2.12. The molecule has 0 saturated carbocycles. The van der Waals surface area contributed by atoms with Crippen molar-refractivity contribution in [2.24, 2.45) is 0 Å². The summed E-state index contributed by atoms with van der Waals surface area (Å²) in [6, 6.07) is 5.89. The molecule has 150 valence electrons. The number of hydrogen-bond acceptors (Lipinski definition) is 6. The van der Waals surface area contributed by atoms with E-state index in [1.165, 1.54) is 0 Å². The summed E-state index contributed by atoms with van der Waals surface area (Å²) in [5, 5.41) is 0. The molecule has 7 heteroatoms. The lowest BCUT2D eigenvalue weighted by molar-refractivity contribution is -0.00979. The molecule has 0 radical (unpaired) electrons. The quantitative estimate of drug-likeness (QED) is 0.301. The topological polar surface area (TPSA) is 55.4 Å². The Morgan fingerprint density at radius 3 is 1.73 bits per heavy atom. The van der Waals surface area contributed by atoms with Crippen molar-refractivity contribution in [1.82, 2.24) is 0 Å². The first-order chi connectivity index (χ1) is 12.8. The second-order valence-electron chi connectivity index (χ2n) is 5.46. The molecule has 0 atom stereocenters. The average Bonchev–Trinajstić information content (AvgIpc) is 2.66. The van der Waals surface area contributed by atoms with Gasteiger partial charge in [0, 0.05) is 13.0 Å². The molecule has 0 aromatic heterocycles. The Morgan fingerprint density at radius 2 is 1.23 bits per heavy atom. The van der Waals surface area contributed by atoms with E-state index >= 15 is 0 Å². The molecule has 0 aliphatic rings. The van der Waals surface area contributed by atoms with E-state index in [1.54, 1.807) is 7.11 Å². The van der Waals surface area contributed by atoms with Crippen LogP contribution in [0.15, 0.2) is 18.2 Å². The molecule has 26 heavy (non-hydrogen) atoms. The number of methoxy groups -OCH3 is 1. The third kappa shape index (κ3) is 11.0. The zero-order valence-corrected chi connectivity index (χ0v) is 16.6. The van der Waals surface area contributed by atoms with Gasteiger partial charge in [-0.25, -0.2) is 0 Å². The lowest BCUT2D eigenvalue weighted by atomic mass is 10.1. The van der Waals surface area contributed by atoms with Crippen LogP contribution in [0.3, 0.4) is 0 Å². The standard InChI is InChI=1S/C19H31ClO6/c1-17-18(16-20)4-3-5-19(17)26-15-14-25-13-12-24-11-10-23-9-8-22-7-6-21-2/h3-5H,6-16H2,1-2H3. The van der Waals surface area contributed by atoms with Crippen LogP contribution in [0.25, 0.3) is 0 Å². The number of halogens is 1. The molecular weight excluding hydrogens is 360 g/mol. The van der Waals surface area contributed by atoms with Crippen LogP contribution in [0, 0.1) is 6.92 Å². The second kappa shape index (κ2) is 16.3. The molecule has 0 saturated heterocycles. The Morgan fingerprint density at radius 1 is 0.731 bits per heavy atom. The average molecular weight is 391 g/mol. The highest BCUT2D eigenvalue weighted by atomic mass is 35.5. The van der Waals surface area contributed by atoms with Crippen LogP contribution in [0.4, 0.5) is 0 Å². The van der Waals surface area contributed by atoms with E-state index < -0.39 is 0 Å². The van der Waals surface area contributed by atoms with Gasteiger partial charge in [0.2, 0.25) is 0 Å². The van der Waals surface area contributed by atoms with Gasteiger partial charge in [-0.3, -0.25) is 0 Å². The maximum atomic E-state index is 5.89. The van der Waals surface area contributed by atoms with Crippen LogP contribution in [0.5, 0.6) is 5.75 Å². The number of hydrogen-bond donors (Lipinski definition) is 0. The summed E-state index contributed by atoms with van der Waals surface area (Å²) in [7, 11) is 1.65. The molecule has 6 nitrogen and oxygen atoms in total. The molecule has 0 spiro atoms. The van der Waals surface area contributed by atoms with Crippen LogP contribution in [0.1, 0.15) is 11.1 Å². The number of ether oxygens (including phenoxy) is 6. The molecule has 0 fully saturated rings. The molecule has 0 unspecified atom stereocenters. The van der Waals surface area contributed by atoms with Crippen LogP contribution < -0.4 is 4.74 Å². The molecule has 1 aromatic rings. The highest BCUT2D eigenvalue weighted by molar-refractivity contribution is 6.17. The summed E-state index contributed by atoms with van der Waals surface area (Å²) in [5.41, 5.74) is 2.16. The molecule has 0 bridgehead atoms. The van der Waals surface area contributed by atoms with Crippen LogP contribution in [0.2, 0.25) is 0 Å². The van der Waals surface area contributed by atoms with Gasteiger partial charge in [0.25, 0.3) is 0 Å². The number of benzene rings is 1. The second-order valence-corrected chi connectivity index (χ2v) is 5.73. The van der Waals surface area contributed by atoms with Crippen molar-refractivity contribution in [3.8, 4) is 5.75 Å². The molecule has 0 N–H and O–H groups in total.